The van der Waals surface area contributed by atoms with Gasteiger partial charge in [-0.3, -0.25) is 9.79 Å². The van der Waals surface area contributed by atoms with Crippen molar-refractivity contribution in [2.75, 3.05) is 0 Å². The zero-order valence-electron chi connectivity index (χ0n) is 7.24. The third-order valence-corrected chi connectivity index (χ3v) is 1.44. The Morgan fingerprint density at radius 1 is 1.73 bits per heavy atom. The van der Waals surface area contributed by atoms with E-state index in [1.807, 2.05) is 0 Å². The van der Waals surface area contributed by atoms with E-state index in [-0.39, 0.29) is 5.78 Å². The Hall–Kier alpha value is -0.700. The largest absolute Gasteiger partial charge is 0.391 e. The lowest BCUT2D eigenvalue weighted by molar-refractivity contribution is -0.121. The van der Waals surface area contributed by atoms with Crippen LogP contribution in [-0.2, 0) is 4.79 Å². The van der Waals surface area contributed by atoms with Crippen LogP contribution < -0.4 is 0 Å². The van der Waals surface area contributed by atoms with E-state index in [1.165, 1.54) is 0 Å². The van der Waals surface area contributed by atoms with Gasteiger partial charge < -0.3 is 5.11 Å². The standard InChI is InChI=1S/C8H15NO2/c1-4-7(11)8(6(3)10)9-5-2/h5-6,8,10H,4H2,1-3H3/b9-5+/t6-,8+/m1/s1. The van der Waals surface area contributed by atoms with Crippen molar-refractivity contribution in [2.24, 2.45) is 4.99 Å². The molecule has 0 saturated heterocycles. The van der Waals surface area contributed by atoms with E-state index in [1.54, 1.807) is 27.0 Å². The molecule has 3 heteroatoms. The summed E-state index contributed by atoms with van der Waals surface area (Å²) < 4.78 is 0. The van der Waals surface area contributed by atoms with Crippen LogP contribution in [0.3, 0.4) is 0 Å². The number of hydrogen-bond acceptors (Lipinski definition) is 3. The number of rotatable bonds is 4. The van der Waals surface area contributed by atoms with E-state index in [0.717, 1.165) is 0 Å². The fourth-order valence-corrected chi connectivity index (χ4v) is 0.846. The molecule has 2 atom stereocenters. The number of hydrogen-bond donors (Lipinski definition) is 1. The zero-order valence-corrected chi connectivity index (χ0v) is 7.24. The van der Waals surface area contributed by atoms with Crippen LogP contribution >= 0.6 is 0 Å². The second-order valence-electron chi connectivity index (χ2n) is 2.41. The maximum atomic E-state index is 11.1. The number of carbonyl (C=O) groups excluding carboxylic acids is 1. The SMILES string of the molecule is C/C=N/[C@H](C(=O)CC)[C@@H](C)O. The third kappa shape index (κ3) is 3.28. The fraction of sp³-hybridized carbons (Fsp3) is 0.750. The summed E-state index contributed by atoms with van der Waals surface area (Å²) in [5.74, 6) is -0.0156. The molecule has 64 valence electrons. The first kappa shape index (κ1) is 10.3. The topological polar surface area (TPSA) is 49.7 Å². The number of carbonyl (C=O) groups is 1. The maximum absolute atomic E-state index is 11.1. The second-order valence-corrected chi connectivity index (χ2v) is 2.41. The van der Waals surface area contributed by atoms with Crippen LogP contribution in [0.15, 0.2) is 4.99 Å². The summed E-state index contributed by atoms with van der Waals surface area (Å²) in [7, 11) is 0. The van der Waals surface area contributed by atoms with Crippen LogP contribution in [0, 0.1) is 0 Å². The van der Waals surface area contributed by atoms with Crippen molar-refractivity contribution in [1.82, 2.24) is 0 Å². The number of Topliss-reactive ketones (excluding diaryl/α,β-unsaturated/α-hetero) is 1. The highest BCUT2D eigenvalue weighted by Crippen LogP contribution is 2.02. The summed E-state index contributed by atoms with van der Waals surface area (Å²) in [6, 6.07) is -0.565. The smallest absolute Gasteiger partial charge is 0.159 e. The molecule has 0 rings (SSSR count). The van der Waals surface area contributed by atoms with Crippen molar-refractivity contribution in [3.05, 3.63) is 0 Å². The molecule has 0 fully saturated rings. The van der Waals surface area contributed by atoms with Gasteiger partial charge in [0.15, 0.2) is 5.78 Å². The average Bonchev–Trinajstić information content (AvgIpc) is 1.98. The molecule has 0 aromatic rings. The summed E-state index contributed by atoms with van der Waals surface area (Å²) in [5, 5.41) is 9.11. The second kappa shape index (κ2) is 5.02. The van der Waals surface area contributed by atoms with E-state index in [4.69, 9.17) is 5.11 Å². The van der Waals surface area contributed by atoms with Crippen molar-refractivity contribution in [3.63, 3.8) is 0 Å². The molecular weight excluding hydrogens is 142 g/mol. The number of aliphatic imine (C=N–C) groups is 1. The zero-order chi connectivity index (χ0) is 8.85. The molecule has 0 heterocycles. The highest BCUT2D eigenvalue weighted by molar-refractivity contribution is 5.85. The number of aliphatic hydroxyl groups is 1. The molecule has 0 saturated carbocycles. The maximum Gasteiger partial charge on any atom is 0.159 e. The minimum Gasteiger partial charge on any atom is -0.391 e. The molecule has 0 bridgehead atoms. The Bertz CT molecular complexity index is 152. The third-order valence-electron chi connectivity index (χ3n) is 1.44. The van der Waals surface area contributed by atoms with E-state index in [2.05, 4.69) is 4.99 Å². The molecule has 11 heavy (non-hydrogen) atoms. The molecule has 0 unspecified atom stereocenters. The van der Waals surface area contributed by atoms with Crippen LogP contribution in [-0.4, -0.2) is 29.3 Å². The predicted molar refractivity (Wildman–Crippen MR) is 44.9 cm³/mol. The van der Waals surface area contributed by atoms with Crippen LogP contribution in [0.4, 0.5) is 0 Å². The molecule has 0 amide bonds. The lowest BCUT2D eigenvalue weighted by Crippen LogP contribution is -2.29. The monoisotopic (exact) mass is 157 g/mol. The van der Waals surface area contributed by atoms with E-state index in [9.17, 15) is 4.79 Å². The summed E-state index contributed by atoms with van der Waals surface area (Å²) in [5.41, 5.74) is 0. The first-order valence-corrected chi connectivity index (χ1v) is 3.82. The Labute approximate surface area is 67.1 Å². The van der Waals surface area contributed by atoms with Gasteiger partial charge in [-0.25, -0.2) is 0 Å². The number of ketones is 1. The molecule has 0 spiro atoms. The van der Waals surface area contributed by atoms with Crippen molar-refractivity contribution in [2.45, 2.75) is 39.3 Å². The van der Waals surface area contributed by atoms with Crippen molar-refractivity contribution in [1.29, 1.82) is 0 Å². The summed E-state index contributed by atoms with van der Waals surface area (Å²) in [6.45, 7) is 5.08. The van der Waals surface area contributed by atoms with Crippen LogP contribution in [0.2, 0.25) is 0 Å². The predicted octanol–water partition coefficient (Wildman–Crippen LogP) is 0.806. The fourth-order valence-electron chi connectivity index (χ4n) is 0.846. The molecule has 0 aliphatic heterocycles. The molecule has 0 aliphatic carbocycles. The first-order valence-electron chi connectivity index (χ1n) is 3.82. The highest BCUT2D eigenvalue weighted by Gasteiger charge is 2.19. The number of aliphatic hydroxyl groups excluding tert-OH is 1. The van der Waals surface area contributed by atoms with Crippen LogP contribution in [0.5, 0.6) is 0 Å². The van der Waals surface area contributed by atoms with Gasteiger partial charge in [0, 0.05) is 6.42 Å². The molecule has 3 nitrogen and oxygen atoms in total. The lowest BCUT2D eigenvalue weighted by Gasteiger charge is -2.12. The van der Waals surface area contributed by atoms with Gasteiger partial charge in [0.1, 0.15) is 6.04 Å². The van der Waals surface area contributed by atoms with Gasteiger partial charge in [-0.2, -0.15) is 0 Å². The average molecular weight is 157 g/mol. The quantitative estimate of drug-likeness (QED) is 0.614. The van der Waals surface area contributed by atoms with Gasteiger partial charge in [-0.05, 0) is 20.1 Å². The van der Waals surface area contributed by atoms with Gasteiger partial charge >= 0.3 is 0 Å². The molecular formula is C8H15NO2. The summed E-state index contributed by atoms with van der Waals surface area (Å²) >= 11 is 0. The minimum atomic E-state index is -0.682. The molecule has 1 N–H and O–H groups in total. The minimum absolute atomic E-state index is 0.0156. The Morgan fingerprint density at radius 3 is 2.55 bits per heavy atom. The Morgan fingerprint density at radius 2 is 2.27 bits per heavy atom. The van der Waals surface area contributed by atoms with Crippen LogP contribution in [0.1, 0.15) is 27.2 Å². The van der Waals surface area contributed by atoms with Crippen molar-refractivity contribution in [3.8, 4) is 0 Å². The Kier molecular flexibility index (Phi) is 4.70. The van der Waals surface area contributed by atoms with E-state index >= 15 is 0 Å². The van der Waals surface area contributed by atoms with E-state index in [0.29, 0.717) is 6.42 Å². The van der Waals surface area contributed by atoms with E-state index < -0.39 is 12.1 Å². The van der Waals surface area contributed by atoms with Gasteiger partial charge in [0.2, 0.25) is 0 Å². The molecule has 0 aromatic heterocycles. The highest BCUT2D eigenvalue weighted by atomic mass is 16.3. The molecule has 0 aromatic carbocycles. The molecule has 0 radical (unpaired) electrons. The van der Waals surface area contributed by atoms with Gasteiger partial charge in [0.05, 0.1) is 6.10 Å². The van der Waals surface area contributed by atoms with Gasteiger partial charge in [-0.1, -0.05) is 6.92 Å². The Balaban J connectivity index is 4.21. The lowest BCUT2D eigenvalue weighted by atomic mass is 10.1. The van der Waals surface area contributed by atoms with Crippen molar-refractivity contribution >= 4 is 12.0 Å². The number of nitrogens with zero attached hydrogens (tertiary/aromatic N) is 1. The van der Waals surface area contributed by atoms with Gasteiger partial charge in [-0.15, -0.1) is 0 Å². The summed E-state index contributed by atoms with van der Waals surface area (Å²) in [4.78, 5) is 14.9. The van der Waals surface area contributed by atoms with Crippen LogP contribution in [0.25, 0.3) is 0 Å². The molecule has 0 aliphatic rings. The summed E-state index contributed by atoms with van der Waals surface area (Å²) in [6.07, 6.45) is 1.29. The van der Waals surface area contributed by atoms with Crippen molar-refractivity contribution < 1.29 is 9.90 Å². The first-order chi connectivity index (χ1) is 5.13. The van der Waals surface area contributed by atoms with Gasteiger partial charge in [0.25, 0.3) is 0 Å². The normalized spacial score (nSPS) is 16.7.